The number of rotatable bonds is 5. The van der Waals surface area contributed by atoms with Crippen molar-refractivity contribution < 1.29 is 0 Å². The third kappa shape index (κ3) is 3.99. The summed E-state index contributed by atoms with van der Waals surface area (Å²) in [5.41, 5.74) is 3.68. The monoisotopic (exact) mass is 352 g/mol. The quantitative estimate of drug-likeness (QED) is 0.670. The van der Waals surface area contributed by atoms with Crippen molar-refractivity contribution in [3.8, 4) is 0 Å². The number of hydrogen-bond acceptors (Lipinski definition) is 4. The maximum atomic E-state index is 4.10. The molecule has 1 fully saturated rings. The number of fused-ring (bicyclic) bond motifs is 1. The Bertz CT molecular complexity index is 844. The van der Waals surface area contributed by atoms with Gasteiger partial charge in [0.2, 0.25) is 0 Å². The number of aromatic amines is 1. The fourth-order valence-electron chi connectivity index (χ4n) is 3.61. The molecule has 0 aliphatic carbocycles. The topological polar surface area (TPSA) is 44.0 Å². The van der Waals surface area contributed by atoms with Crippen LogP contribution in [0.25, 0.3) is 10.9 Å². The van der Waals surface area contributed by atoms with E-state index in [1.807, 2.05) is 18.0 Å². The highest BCUT2D eigenvalue weighted by atomic mass is 32.2. The highest BCUT2D eigenvalue weighted by Gasteiger charge is 2.20. The summed E-state index contributed by atoms with van der Waals surface area (Å²) in [4.78, 5) is 3.91. The lowest BCUT2D eigenvalue weighted by Gasteiger charge is -2.33. The molecule has 0 bridgehead atoms. The third-order valence-electron chi connectivity index (χ3n) is 4.86. The lowest BCUT2D eigenvalue weighted by molar-refractivity contribution is 0.208. The zero-order valence-electron chi connectivity index (χ0n) is 14.5. The van der Waals surface area contributed by atoms with Gasteiger partial charge in [-0.25, -0.2) is 0 Å². The molecule has 0 radical (unpaired) electrons. The molecule has 1 aromatic heterocycles. The first-order valence-corrected chi connectivity index (χ1v) is 10.1. The van der Waals surface area contributed by atoms with Gasteiger partial charge in [0.15, 0.2) is 0 Å². The zero-order valence-corrected chi connectivity index (χ0v) is 15.4. The summed E-state index contributed by atoms with van der Waals surface area (Å²) >= 11 is 1.81. The number of nitrogens with zero attached hydrogens (tertiary/aromatic N) is 2. The Morgan fingerprint density at radius 3 is 3.16 bits per heavy atom. The fourth-order valence-corrected chi connectivity index (χ4v) is 4.10. The molecule has 3 aromatic rings. The number of thioether (sulfide) groups is 1. The first-order valence-electron chi connectivity index (χ1n) is 8.85. The summed E-state index contributed by atoms with van der Waals surface area (Å²) in [7, 11) is 0. The number of H-pyrrole nitrogens is 1. The molecule has 2 heterocycles. The van der Waals surface area contributed by atoms with Crippen LogP contribution in [0.5, 0.6) is 0 Å². The number of nitrogens with one attached hydrogen (secondary N) is 2. The molecular formula is C20H24N4S. The third-order valence-corrected chi connectivity index (χ3v) is 5.58. The van der Waals surface area contributed by atoms with Gasteiger partial charge in [-0.2, -0.15) is 5.10 Å². The minimum Gasteiger partial charge on any atom is -0.381 e. The Balaban J connectivity index is 1.40. The molecular weight excluding hydrogens is 328 g/mol. The average Bonchev–Trinajstić information content (AvgIpc) is 3.10. The largest absolute Gasteiger partial charge is 0.381 e. The van der Waals surface area contributed by atoms with Crippen molar-refractivity contribution in [2.24, 2.45) is 0 Å². The first kappa shape index (κ1) is 16.5. The van der Waals surface area contributed by atoms with Crippen LogP contribution in [0, 0.1) is 0 Å². The molecule has 0 saturated carbocycles. The summed E-state index contributed by atoms with van der Waals surface area (Å²) in [6.45, 7) is 3.31. The van der Waals surface area contributed by atoms with Crippen molar-refractivity contribution in [3.63, 3.8) is 0 Å². The van der Waals surface area contributed by atoms with Crippen LogP contribution in [-0.4, -0.2) is 40.5 Å². The van der Waals surface area contributed by atoms with E-state index in [4.69, 9.17) is 0 Å². The maximum absolute atomic E-state index is 4.10. The van der Waals surface area contributed by atoms with E-state index in [0.717, 1.165) is 24.0 Å². The van der Waals surface area contributed by atoms with E-state index in [1.54, 1.807) is 0 Å². The second-order valence-corrected chi connectivity index (χ2v) is 7.62. The highest BCUT2D eigenvalue weighted by Crippen LogP contribution is 2.22. The molecule has 130 valence electrons. The summed E-state index contributed by atoms with van der Waals surface area (Å²) in [6, 6.07) is 15.8. The average molecular weight is 353 g/mol. The minimum absolute atomic E-state index is 0.502. The second-order valence-electron chi connectivity index (χ2n) is 6.74. The normalized spacial score (nSPS) is 18.5. The van der Waals surface area contributed by atoms with Crippen molar-refractivity contribution >= 4 is 28.4 Å². The van der Waals surface area contributed by atoms with Crippen LogP contribution in [-0.2, 0) is 6.54 Å². The Labute approximate surface area is 153 Å². The number of hydrogen-bond donors (Lipinski definition) is 2. The standard InChI is InChI=1S/C20H24N4S/c1-25-19-6-2-4-15(10-19)13-24-9-3-5-18(14-24)22-17-7-8-20-16(11-17)12-21-23-20/h2,4,6-8,10-12,18,22H,3,5,9,13-14H2,1H3,(H,21,23)/t18-/m0/s1. The molecule has 2 N–H and O–H groups in total. The molecule has 4 rings (SSSR count). The van der Waals surface area contributed by atoms with Gasteiger partial charge in [-0.1, -0.05) is 12.1 Å². The molecule has 0 spiro atoms. The van der Waals surface area contributed by atoms with E-state index in [9.17, 15) is 0 Å². The molecule has 0 unspecified atom stereocenters. The molecule has 5 heteroatoms. The molecule has 25 heavy (non-hydrogen) atoms. The van der Waals surface area contributed by atoms with E-state index >= 15 is 0 Å². The van der Waals surface area contributed by atoms with Crippen LogP contribution in [0.3, 0.4) is 0 Å². The second kappa shape index (κ2) is 7.50. The van der Waals surface area contributed by atoms with Gasteiger partial charge < -0.3 is 5.32 Å². The van der Waals surface area contributed by atoms with Gasteiger partial charge in [-0.3, -0.25) is 10.00 Å². The maximum Gasteiger partial charge on any atom is 0.0651 e. The van der Waals surface area contributed by atoms with Crippen LogP contribution in [0.4, 0.5) is 5.69 Å². The van der Waals surface area contributed by atoms with Gasteiger partial charge in [0.25, 0.3) is 0 Å². The lowest BCUT2D eigenvalue weighted by Crippen LogP contribution is -2.41. The van der Waals surface area contributed by atoms with E-state index < -0.39 is 0 Å². The highest BCUT2D eigenvalue weighted by molar-refractivity contribution is 7.98. The Kier molecular flexibility index (Phi) is 4.95. The molecule has 2 aromatic carbocycles. The number of benzene rings is 2. The van der Waals surface area contributed by atoms with Gasteiger partial charge in [0, 0.05) is 35.1 Å². The summed E-state index contributed by atoms with van der Waals surface area (Å²) in [6.07, 6.45) is 6.49. The zero-order chi connectivity index (χ0) is 17.1. The van der Waals surface area contributed by atoms with Gasteiger partial charge in [0.05, 0.1) is 11.7 Å². The lowest BCUT2D eigenvalue weighted by atomic mass is 10.0. The summed E-state index contributed by atoms with van der Waals surface area (Å²) < 4.78 is 0. The van der Waals surface area contributed by atoms with Gasteiger partial charge >= 0.3 is 0 Å². The number of likely N-dealkylation sites (tertiary alicyclic amines) is 1. The number of aromatic nitrogens is 2. The van der Waals surface area contributed by atoms with Crippen molar-refractivity contribution in [2.45, 2.75) is 30.3 Å². The number of piperidine rings is 1. The Hall–Kier alpha value is -1.98. The van der Waals surface area contributed by atoms with Crippen molar-refractivity contribution in [1.29, 1.82) is 0 Å². The fraction of sp³-hybridized carbons (Fsp3) is 0.350. The summed E-state index contributed by atoms with van der Waals surface area (Å²) in [5, 5.41) is 12.0. The smallest absolute Gasteiger partial charge is 0.0651 e. The number of anilines is 1. The van der Waals surface area contributed by atoms with Crippen molar-refractivity contribution in [3.05, 3.63) is 54.2 Å². The molecule has 4 nitrogen and oxygen atoms in total. The van der Waals surface area contributed by atoms with E-state index in [-0.39, 0.29) is 0 Å². The predicted octanol–water partition coefficient (Wildman–Crippen LogP) is 4.36. The van der Waals surface area contributed by atoms with Gasteiger partial charge in [0.1, 0.15) is 0 Å². The predicted molar refractivity (Wildman–Crippen MR) is 106 cm³/mol. The molecule has 1 saturated heterocycles. The van der Waals surface area contributed by atoms with Gasteiger partial charge in [-0.05, 0) is 61.5 Å². The van der Waals surface area contributed by atoms with Gasteiger partial charge in [-0.15, -0.1) is 11.8 Å². The van der Waals surface area contributed by atoms with Crippen LogP contribution in [0.15, 0.2) is 53.6 Å². The summed E-state index contributed by atoms with van der Waals surface area (Å²) in [5.74, 6) is 0. The Morgan fingerprint density at radius 2 is 2.24 bits per heavy atom. The SMILES string of the molecule is CSc1cccc(CN2CCC[C@H](Nc3ccc4[nH]ncc4c3)C2)c1. The van der Waals surface area contributed by atoms with Crippen LogP contribution < -0.4 is 5.32 Å². The van der Waals surface area contributed by atoms with E-state index in [0.29, 0.717) is 6.04 Å². The molecule has 0 amide bonds. The molecule has 1 aliphatic rings. The van der Waals surface area contributed by atoms with E-state index in [1.165, 1.54) is 35.5 Å². The van der Waals surface area contributed by atoms with Crippen molar-refractivity contribution in [2.75, 3.05) is 24.7 Å². The first-order chi connectivity index (χ1) is 12.3. The minimum atomic E-state index is 0.502. The van der Waals surface area contributed by atoms with E-state index in [2.05, 4.69) is 69.1 Å². The van der Waals surface area contributed by atoms with Crippen LogP contribution in [0.2, 0.25) is 0 Å². The van der Waals surface area contributed by atoms with Crippen LogP contribution >= 0.6 is 11.8 Å². The van der Waals surface area contributed by atoms with Crippen LogP contribution in [0.1, 0.15) is 18.4 Å². The molecule has 1 atom stereocenters. The molecule has 1 aliphatic heterocycles. The Morgan fingerprint density at radius 1 is 1.28 bits per heavy atom. The van der Waals surface area contributed by atoms with Crippen molar-refractivity contribution in [1.82, 2.24) is 15.1 Å².